The molecule has 0 aliphatic carbocycles. The summed E-state index contributed by atoms with van der Waals surface area (Å²) < 4.78 is 30.6. The number of rotatable bonds is 8. The summed E-state index contributed by atoms with van der Waals surface area (Å²) in [5.74, 6) is 0.883. The van der Waals surface area contributed by atoms with Crippen molar-refractivity contribution in [1.29, 1.82) is 0 Å². The molecule has 0 spiro atoms. The van der Waals surface area contributed by atoms with Gasteiger partial charge in [-0.2, -0.15) is 0 Å². The van der Waals surface area contributed by atoms with E-state index in [1.165, 1.54) is 0 Å². The van der Waals surface area contributed by atoms with Crippen LogP contribution in [-0.2, 0) is 16.4 Å². The van der Waals surface area contributed by atoms with Crippen molar-refractivity contribution in [2.75, 3.05) is 26.0 Å². The van der Waals surface area contributed by atoms with E-state index >= 15 is 0 Å². The Kier molecular flexibility index (Phi) is 6.11. The minimum Gasteiger partial charge on any atom is -0.497 e. The number of nitrogens with one attached hydrogen (secondary N) is 1. The number of ether oxygens (including phenoxy) is 1. The maximum absolute atomic E-state index is 11.5. The molecule has 1 rings (SSSR count). The third kappa shape index (κ3) is 5.48. The summed E-state index contributed by atoms with van der Waals surface area (Å²) in [6.07, 6.45) is 1.14. The normalized spacial score (nSPS) is 11.4. The fourth-order valence-electron chi connectivity index (χ4n) is 1.49. The summed E-state index contributed by atoms with van der Waals surface area (Å²) >= 11 is 0. The van der Waals surface area contributed by atoms with Crippen molar-refractivity contribution in [3.63, 3.8) is 0 Å². The summed E-state index contributed by atoms with van der Waals surface area (Å²) in [5, 5.41) is 0. The molecule has 0 saturated carbocycles. The molecule has 1 aromatic rings. The summed E-state index contributed by atoms with van der Waals surface area (Å²) in [6.45, 7) is 0.790. The van der Waals surface area contributed by atoms with Crippen LogP contribution in [0.1, 0.15) is 12.0 Å². The van der Waals surface area contributed by atoms with Gasteiger partial charge in [0.15, 0.2) is 0 Å². The quantitative estimate of drug-likeness (QED) is 0.722. The number of sulfonamides is 1. The highest BCUT2D eigenvalue weighted by Gasteiger charge is 2.08. The molecule has 0 bridgehead atoms. The maximum Gasteiger partial charge on any atom is 0.211 e. The standard InChI is InChI=1S/C12H20N2O3S/c1-17-12-5-3-11(4-6-12)7-9-14-18(15,16)10-2-8-13/h3-6,14H,2,7-10,13H2,1H3. The molecule has 0 radical (unpaired) electrons. The van der Waals surface area contributed by atoms with Gasteiger partial charge < -0.3 is 10.5 Å². The van der Waals surface area contributed by atoms with Crippen LogP contribution in [-0.4, -0.2) is 34.4 Å². The van der Waals surface area contributed by atoms with Crippen LogP contribution in [0.3, 0.4) is 0 Å². The van der Waals surface area contributed by atoms with Gasteiger partial charge in [-0.1, -0.05) is 12.1 Å². The molecule has 0 unspecified atom stereocenters. The summed E-state index contributed by atoms with van der Waals surface area (Å²) in [5.41, 5.74) is 6.35. The average Bonchev–Trinajstić information content (AvgIpc) is 2.37. The highest BCUT2D eigenvalue weighted by Crippen LogP contribution is 2.11. The van der Waals surface area contributed by atoms with Crippen LogP contribution in [0.4, 0.5) is 0 Å². The number of methoxy groups -OCH3 is 1. The first kappa shape index (κ1) is 14.9. The van der Waals surface area contributed by atoms with Gasteiger partial charge in [0.25, 0.3) is 0 Å². The van der Waals surface area contributed by atoms with E-state index in [4.69, 9.17) is 10.5 Å². The number of nitrogens with two attached hydrogens (primary N) is 1. The third-order valence-corrected chi connectivity index (χ3v) is 3.98. The number of hydrogen-bond donors (Lipinski definition) is 2. The predicted octanol–water partition coefficient (Wildman–Crippen LogP) is 0.506. The molecule has 0 aromatic heterocycles. The number of hydrogen-bond acceptors (Lipinski definition) is 4. The van der Waals surface area contributed by atoms with Gasteiger partial charge in [0, 0.05) is 6.54 Å². The molecule has 0 atom stereocenters. The molecule has 18 heavy (non-hydrogen) atoms. The Morgan fingerprint density at radius 1 is 1.28 bits per heavy atom. The summed E-state index contributed by atoms with van der Waals surface area (Å²) in [6, 6.07) is 7.57. The van der Waals surface area contributed by atoms with Gasteiger partial charge in [0.2, 0.25) is 10.0 Å². The second-order valence-corrected chi connectivity index (χ2v) is 5.88. The zero-order valence-corrected chi connectivity index (χ0v) is 11.4. The molecule has 0 saturated heterocycles. The first-order chi connectivity index (χ1) is 8.57. The Morgan fingerprint density at radius 2 is 1.94 bits per heavy atom. The summed E-state index contributed by atoms with van der Waals surface area (Å²) in [7, 11) is -1.57. The zero-order chi connectivity index (χ0) is 13.4. The summed E-state index contributed by atoms with van der Waals surface area (Å²) in [4.78, 5) is 0. The molecule has 0 amide bonds. The van der Waals surface area contributed by atoms with E-state index in [-0.39, 0.29) is 5.75 Å². The lowest BCUT2D eigenvalue weighted by Crippen LogP contribution is -2.29. The Hall–Kier alpha value is -1.11. The molecule has 0 heterocycles. The van der Waals surface area contributed by atoms with Gasteiger partial charge >= 0.3 is 0 Å². The van der Waals surface area contributed by atoms with Crippen molar-refractivity contribution >= 4 is 10.0 Å². The van der Waals surface area contributed by atoms with Crippen LogP contribution in [0.5, 0.6) is 5.75 Å². The van der Waals surface area contributed by atoms with Crippen LogP contribution < -0.4 is 15.2 Å². The molecular weight excluding hydrogens is 252 g/mol. The third-order valence-electron chi connectivity index (χ3n) is 2.51. The molecule has 0 aliphatic heterocycles. The van der Waals surface area contributed by atoms with E-state index in [0.29, 0.717) is 25.9 Å². The molecule has 0 aliphatic rings. The monoisotopic (exact) mass is 272 g/mol. The van der Waals surface area contributed by atoms with Crippen molar-refractivity contribution in [2.45, 2.75) is 12.8 Å². The van der Waals surface area contributed by atoms with Gasteiger partial charge in [-0.25, -0.2) is 13.1 Å². The van der Waals surface area contributed by atoms with Crippen LogP contribution in [0.2, 0.25) is 0 Å². The predicted molar refractivity (Wildman–Crippen MR) is 72.2 cm³/mol. The van der Waals surface area contributed by atoms with E-state index in [9.17, 15) is 8.42 Å². The van der Waals surface area contributed by atoms with Gasteiger partial charge in [0.1, 0.15) is 5.75 Å². The molecule has 102 valence electrons. The Balaban J connectivity index is 2.36. The van der Waals surface area contributed by atoms with Gasteiger partial charge in [-0.3, -0.25) is 0 Å². The molecule has 3 N–H and O–H groups in total. The van der Waals surface area contributed by atoms with Crippen LogP contribution in [0.25, 0.3) is 0 Å². The van der Waals surface area contributed by atoms with Crippen LogP contribution in [0, 0.1) is 0 Å². The van der Waals surface area contributed by atoms with Crippen LogP contribution >= 0.6 is 0 Å². The fraction of sp³-hybridized carbons (Fsp3) is 0.500. The average molecular weight is 272 g/mol. The highest BCUT2D eigenvalue weighted by molar-refractivity contribution is 7.89. The van der Waals surface area contributed by atoms with Gasteiger partial charge in [0.05, 0.1) is 12.9 Å². The van der Waals surface area contributed by atoms with E-state index in [0.717, 1.165) is 11.3 Å². The minimum atomic E-state index is -3.18. The minimum absolute atomic E-state index is 0.0894. The Morgan fingerprint density at radius 3 is 2.50 bits per heavy atom. The van der Waals surface area contributed by atoms with Crippen molar-refractivity contribution in [3.8, 4) is 5.75 Å². The van der Waals surface area contributed by atoms with Gasteiger partial charge in [-0.05, 0) is 37.1 Å². The molecule has 1 aromatic carbocycles. The fourth-order valence-corrected chi connectivity index (χ4v) is 2.59. The molecule has 5 nitrogen and oxygen atoms in total. The van der Waals surface area contributed by atoms with Crippen molar-refractivity contribution in [3.05, 3.63) is 29.8 Å². The topological polar surface area (TPSA) is 81.4 Å². The first-order valence-electron chi connectivity index (χ1n) is 5.88. The second-order valence-electron chi connectivity index (χ2n) is 3.95. The lowest BCUT2D eigenvalue weighted by molar-refractivity contribution is 0.414. The SMILES string of the molecule is COc1ccc(CCNS(=O)(=O)CCCN)cc1. The smallest absolute Gasteiger partial charge is 0.211 e. The molecular formula is C12H20N2O3S. The second kappa shape index (κ2) is 7.35. The van der Waals surface area contributed by atoms with E-state index < -0.39 is 10.0 Å². The van der Waals surface area contributed by atoms with Crippen molar-refractivity contribution in [1.82, 2.24) is 4.72 Å². The Bertz CT molecular complexity index is 443. The lowest BCUT2D eigenvalue weighted by Gasteiger charge is -2.06. The maximum atomic E-state index is 11.5. The van der Waals surface area contributed by atoms with Gasteiger partial charge in [-0.15, -0.1) is 0 Å². The first-order valence-corrected chi connectivity index (χ1v) is 7.53. The highest BCUT2D eigenvalue weighted by atomic mass is 32.2. The van der Waals surface area contributed by atoms with Crippen molar-refractivity contribution in [2.24, 2.45) is 5.73 Å². The lowest BCUT2D eigenvalue weighted by atomic mass is 10.1. The van der Waals surface area contributed by atoms with Crippen molar-refractivity contribution < 1.29 is 13.2 Å². The van der Waals surface area contributed by atoms with E-state index in [1.807, 2.05) is 24.3 Å². The zero-order valence-electron chi connectivity index (χ0n) is 10.6. The number of benzene rings is 1. The largest absolute Gasteiger partial charge is 0.497 e. The molecule has 6 heteroatoms. The van der Waals surface area contributed by atoms with E-state index in [2.05, 4.69) is 4.72 Å². The van der Waals surface area contributed by atoms with Crippen LogP contribution in [0.15, 0.2) is 24.3 Å². The van der Waals surface area contributed by atoms with E-state index in [1.54, 1.807) is 7.11 Å². The molecule has 0 fully saturated rings. The Labute approximate surface area is 108 Å².